The lowest BCUT2D eigenvalue weighted by Gasteiger charge is -2.04. The van der Waals surface area contributed by atoms with Gasteiger partial charge in [0.2, 0.25) is 0 Å². The largest absolute Gasteiger partial charge is 0.265 e. The molecule has 126 valence electrons. The Hall–Kier alpha value is -2.96. The van der Waals surface area contributed by atoms with Crippen molar-refractivity contribution < 1.29 is 0 Å². The Kier molecular flexibility index (Phi) is 3.41. The van der Waals surface area contributed by atoms with Crippen LogP contribution in [0.25, 0.3) is 33.8 Å². The Labute approximate surface area is 157 Å². The molecule has 0 N–H and O–H groups in total. The van der Waals surface area contributed by atoms with E-state index in [1.807, 2.05) is 52.9 Å². The highest BCUT2D eigenvalue weighted by molar-refractivity contribution is 6.31. The first-order valence-corrected chi connectivity index (χ1v) is 8.56. The number of halogens is 2. The van der Waals surface area contributed by atoms with Crippen molar-refractivity contribution in [3.63, 3.8) is 0 Å². The van der Waals surface area contributed by atoms with Gasteiger partial charge in [-0.2, -0.15) is 5.10 Å². The highest BCUT2D eigenvalue weighted by atomic mass is 35.5. The lowest BCUT2D eigenvalue weighted by atomic mass is 10.2. The van der Waals surface area contributed by atoms with Gasteiger partial charge in [-0.3, -0.25) is 4.40 Å². The van der Waals surface area contributed by atoms with Crippen LogP contribution in [0.2, 0.25) is 10.0 Å². The van der Waals surface area contributed by atoms with E-state index in [1.54, 1.807) is 17.2 Å². The van der Waals surface area contributed by atoms with Crippen LogP contribution in [0, 0.1) is 0 Å². The van der Waals surface area contributed by atoms with Crippen molar-refractivity contribution in [1.29, 1.82) is 0 Å². The van der Waals surface area contributed by atoms with Crippen molar-refractivity contribution in [3.05, 3.63) is 71.1 Å². The van der Waals surface area contributed by atoms with Gasteiger partial charge in [0.1, 0.15) is 6.33 Å². The number of fused-ring (bicyclic) bond motifs is 3. The first-order valence-electron chi connectivity index (χ1n) is 7.80. The summed E-state index contributed by atoms with van der Waals surface area (Å²) < 4.78 is 3.58. The zero-order valence-electron chi connectivity index (χ0n) is 13.2. The highest BCUT2D eigenvalue weighted by Gasteiger charge is 2.15. The number of aromatic nitrogens is 6. The van der Waals surface area contributed by atoms with Crippen molar-refractivity contribution >= 4 is 39.9 Å². The van der Waals surface area contributed by atoms with Crippen LogP contribution in [0.3, 0.4) is 0 Å². The Balaban J connectivity index is 1.71. The number of hydrogen-bond donors (Lipinski definition) is 0. The molecule has 8 heteroatoms. The van der Waals surface area contributed by atoms with Crippen LogP contribution < -0.4 is 0 Å². The molecule has 0 unspecified atom stereocenters. The molecule has 0 saturated carbocycles. The van der Waals surface area contributed by atoms with Crippen molar-refractivity contribution in [1.82, 2.24) is 29.4 Å². The second-order valence-corrected chi connectivity index (χ2v) is 6.62. The maximum Gasteiger partial charge on any atom is 0.175 e. The van der Waals surface area contributed by atoms with Gasteiger partial charge in [-0.25, -0.2) is 9.67 Å². The molecular weight excluding hydrogens is 371 g/mol. The van der Waals surface area contributed by atoms with E-state index in [1.165, 1.54) is 0 Å². The number of benzene rings is 2. The fraction of sp³-hybridized carbons (Fsp3) is 0. The van der Waals surface area contributed by atoms with Gasteiger partial charge >= 0.3 is 0 Å². The van der Waals surface area contributed by atoms with Crippen LogP contribution in [-0.4, -0.2) is 29.4 Å². The van der Waals surface area contributed by atoms with Gasteiger partial charge in [0.05, 0.1) is 17.3 Å². The molecule has 0 amide bonds. The van der Waals surface area contributed by atoms with Gasteiger partial charge in [0.15, 0.2) is 17.1 Å². The predicted molar refractivity (Wildman–Crippen MR) is 101 cm³/mol. The fourth-order valence-electron chi connectivity index (χ4n) is 2.92. The van der Waals surface area contributed by atoms with E-state index in [2.05, 4.69) is 20.3 Å². The lowest BCUT2D eigenvalue weighted by molar-refractivity contribution is 0.893. The minimum absolute atomic E-state index is 0.642. The molecule has 2 aromatic carbocycles. The summed E-state index contributed by atoms with van der Waals surface area (Å²) in [6.45, 7) is 0. The zero-order chi connectivity index (χ0) is 17.7. The van der Waals surface area contributed by atoms with Crippen LogP contribution in [-0.2, 0) is 0 Å². The lowest BCUT2D eigenvalue weighted by Crippen LogP contribution is -1.98. The van der Waals surface area contributed by atoms with E-state index in [4.69, 9.17) is 23.2 Å². The number of rotatable bonds is 2. The quantitative estimate of drug-likeness (QED) is 0.454. The van der Waals surface area contributed by atoms with Crippen molar-refractivity contribution in [2.75, 3.05) is 0 Å². The summed E-state index contributed by atoms with van der Waals surface area (Å²) in [7, 11) is 0. The zero-order valence-corrected chi connectivity index (χ0v) is 14.7. The summed E-state index contributed by atoms with van der Waals surface area (Å²) >= 11 is 12.1. The molecule has 5 aromatic rings. The normalized spacial score (nSPS) is 11.5. The van der Waals surface area contributed by atoms with Crippen LogP contribution >= 0.6 is 23.2 Å². The summed E-state index contributed by atoms with van der Waals surface area (Å²) in [5.74, 6) is 0.677. The van der Waals surface area contributed by atoms with E-state index >= 15 is 0 Å². The summed E-state index contributed by atoms with van der Waals surface area (Å²) in [6.07, 6.45) is 3.44. The van der Waals surface area contributed by atoms with Gasteiger partial charge in [-0.05, 0) is 36.4 Å². The van der Waals surface area contributed by atoms with Crippen LogP contribution in [0.5, 0.6) is 0 Å². The molecular formula is C18H10Cl2N6. The summed E-state index contributed by atoms with van der Waals surface area (Å²) in [6, 6.07) is 14.9. The molecule has 3 aromatic heterocycles. The maximum atomic E-state index is 6.09. The standard InChI is InChI=1S/C18H10Cl2N6/c19-12-4-6-14(7-5-12)26-17-15(9-22-26)18-24-23-16(25(18)10-21-17)11-2-1-3-13(20)8-11/h1-10H. The molecule has 0 atom stereocenters. The van der Waals surface area contributed by atoms with Crippen LogP contribution in [0.15, 0.2) is 61.1 Å². The molecule has 0 bridgehead atoms. The molecule has 0 aliphatic heterocycles. The minimum Gasteiger partial charge on any atom is -0.265 e. The summed E-state index contributed by atoms with van der Waals surface area (Å²) in [5, 5.41) is 15.2. The highest BCUT2D eigenvalue weighted by Crippen LogP contribution is 2.25. The number of hydrogen-bond acceptors (Lipinski definition) is 4. The van der Waals surface area contributed by atoms with Gasteiger partial charge in [-0.15, -0.1) is 10.2 Å². The van der Waals surface area contributed by atoms with E-state index in [9.17, 15) is 0 Å². The van der Waals surface area contributed by atoms with E-state index in [0.717, 1.165) is 16.6 Å². The molecule has 0 radical (unpaired) electrons. The van der Waals surface area contributed by atoms with Crippen LogP contribution in [0.4, 0.5) is 0 Å². The molecule has 0 fully saturated rings. The van der Waals surface area contributed by atoms with Gasteiger partial charge in [-0.1, -0.05) is 35.3 Å². The van der Waals surface area contributed by atoms with E-state index < -0.39 is 0 Å². The Morgan fingerprint density at radius 2 is 1.69 bits per heavy atom. The molecule has 0 aliphatic rings. The third-order valence-electron chi connectivity index (χ3n) is 4.13. The Bertz CT molecular complexity index is 1260. The third kappa shape index (κ3) is 2.34. The third-order valence-corrected chi connectivity index (χ3v) is 4.62. The summed E-state index contributed by atoms with van der Waals surface area (Å²) in [5.41, 5.74) is 3.13. The van der Waals surface area contributed by atoms with Gasteiger partial charge < -0.3 is 0 Å². The Morgan fingerprint density at radius 1 is 0.846 bits per heavy atom. The first kappa shape index (κ1) is 15.3. The topological polar surface area (TPSA) is 60.9 Å². The van der Waals surface area contributed by atoms with Crippen molar-refractivity contribution in [2.45, 2.75) is 0 Å². The van der Waals surface area contributed by atoms with E-state index in [-0.39, 0.29) is 0 Å². The molecule has 26 heavy (non-hydrogen) atoms. The van der Waals surface area contributed by atoms with Crippen LogP contribution in [0.1, 0.15) is 0 Å². The fourth-order valence-corrected chi connectivity index (χ4v) is 3.23. The second-order valence-electron chi connectivity index (χ2n) is 5.74. The molecule has 0 spiro atoms. The molecule has 0 aliphatic carbocycles. The van der Waals surface area contributed by atoms with Gasteiger partial charge in [0.25, 0.3) is 0 Å². The molecule has 0 saturated heterocycles. The molecule has 5 rings (SSSR count). The SMILES string of the molecule is Clc1ccc(-n2ncc3c2ncn2c(-c4cccc(Cl)c4)nnc32)cc1. The second kappa shape index (κ2) is 5.79. The van der Waals surface area contributed by atoms with Crippen molar-refractivity contribution in [2.24, 2.45) is 0 Å². The smallest absolute Gasteiger partial charge is 0.175 e. The average molecular weight is 381 g/mol. The first-order chi connectivity index (χ1) is 12.7. The molecule has 3 heterocycles. The summed E-state index contributed by atoms with van der Waals surface area (Å²) in [4.78, 5) is 4.57. The van der Waals surface area contributed by atoms with E-state index in [0.29, 0.717) is 27.2 Å². The van der Waals surface area contributed by atoms with Gasteiger partial charge in [0, 0.05) is 15.6 Å². The predicted octanol–water partition coefficient (Wildman–Crippen LogP) is 4.44. The molecule has 6 nitrogen and oxygen atoms in total. The Morgan fingerprint density at radius 3 is 2.50 bits per heavy atom. The maximum absolute atomic E-state index is 6.09. The van der Waals surface area contributed by atoms with Crippen molar-refractivity contribution in [3.8, 4) is 17.1 Å². The minimum atomic E-state index is 0.642. The number of nitrogens with zero attached hydrogens (tertiary/aromatic N) is 6. The average Bonchev–Trinajstić information content (AvgIpc) is 3.26. The monoisotopic (exact) mass is 380 g/mol.